The van der Waals surface area contributed by atoms with Crippen molar-refractivity contribution in [2.45, 2.75) is 105 Å². The van der Waals surface area contributed by atoms with Crippen LogP contribution < -0.4 is 0 Å². The molecular weight excluding hydrogens is 436 g/mol. The van der Waals surface area contributed by atoms with Crippen LogP contribution in [0, 0.1) is 40.4 Å². The minimum atomic E-state index is -0.463. The first-order valence-electron chi connectivity index (χ1n) is 12.9. The van der Waals surface area contributed by atoms with E-state index >= 15 is 0 Å². The first kappa shape index (κ1) is 25.2. The van der Waals surface area contributed by atoms with Gasteiger partial charge in [0.15, 0.2) is 0 Å². The van der Waals surface area contributed by atoms with Crippen LogP contribution in [-0.4, -0.2) is 42.0 Å². The molecule has 0 N–H and O–H groups in total. The van der Waals surface area contributed by atoms with Gasteiger partial charge in [0.25, 0.3) is 0 Å². The molecule has 0 heterocycles. The van der Waals surface area contributed by atoms with Gasteiger partial charge in [-0.25, -0.2) is 0 Å². The monoisotopic (exact) mass is 476 g/mol. The second-order valence-electron chi connectivity index (χ2n) is 11.8. The Balaban J connectivity index is 1.74. The van der Waals surface area contributed by atoms with Crippen LogP contribution in [0.25, 0.3) is 0 Å². The van der Waals surface area contributed by atoms with Gasteiger partial charge in [-0.2, -0.15) is 0 Å². The first-order chi connectivity index (χ1) is 15.9. The fourth-order valence-corrected chi connectivity index (χ4v) is 8.82. The van der Waals surface area contributed by atoms with Gasteiger partial charge in [-0.15, -0.1) is 0 Å². The van der Waals surface area contributed by atoms with E-state index in [1.54, 1.807) is 6.92 Å². The van der Waals surface area contributed by atoms with Crippen molar-refractivity contribution >= 4 is 23.7 Å². The lowest BCUT2D eigenvalue weighted by Crippen LogP contribution is -2.63. The van der Waals surface area contributed by atoms with Crippen LogP contribution in [0.1, 0.15) is 86.5 Å². The normalized spacial score (nSPS) is 45.2. The maximum atomic E-state index is 12.7. The fraction of sp³-hybridized carbons (Fsp3) is 0.852. The van der Waals surface area contributed by atoms with Crippen molar-refractivity contribution in [1.82, 2.24) is 0 Å². The highest BCUT2D eigenvalue weighted by molar-refractivity contribution is 5.80. The molecule has 0 radical (unpaired) electrons. The third-order valence-corrected chi connectivity index (χ3v) is 10.1. The van der Waals surface area contributed by atoms with Crippen LogP contribution in [0.3, 0.4) is 0 Å². The third kappa shape index (κ3) is 4.07. The number of carbonyl (C=O) groups excluding carboxylic acids is 4. The molecule has 0 saturated heterocycles. The fourth-order valence-electron chi connectivity index (χ4n) is 8.82. The van der Waals surface area contributed by atoms with Gasteiger partial charge in [0.05, 0.1) is 0 Å². The first-order valence-corrected chi connectivity index (χ1v) is 12.9. The molecule has 7 nitrogen and oxygen atoms in total. The molecule has 0 amide bonds. The Morgan fingerprint density at radius 3 is 1.97 bits per heavy atom. The van der Waals surface area contributed by atoms with E-state index in [1.807, 2.05) is 0 Å². The zero-order valence-corrected chi connectivity index (χ0v) is 21.4. The van der Waals surface area contributed by atoms with Gasteiger partial charge in [0, 0.05) is 38.0 Å². The van der Waals surface area contributed by atoms with E-state index in [9.17, 15) is 19.2 Å². The second kappa shape index (κ2) is 8.94. The summed E-state index contributed by atoms with van der Waals surface area (Å²) >= 11 is 0. The molecule has 0 aromatic carbocycles. The van der Waals surface area contributed by atoms with Crippen LogP contribution in [0.4, 0.5) is 0 Å². The van der Waals surface area contributed by atoms with Crippen molar-refractivity contribution in [1.29, 1.82) is 0 Å². The molecule has 0 bridgehead atoms. The van der Waals surface area contributed by atoms with Crippen molar-refractivity contribution in [3.8, 4) is 0 Å². The number of ketones is 1. The molecule has 4 fully saturated rings. The van der Waals surface area contributed by atoms with Gasteiger partial charge < -0.3 is 14.2 Å². The molecule has 4 rings (SSSR count). The average molecular weight is 477 g/mol. The highest BCUT2D eigenvalue weighted by Gasteiger charge is 2.67. The number of rotatable bonds is 4. The number of hydrogen-bond donors (Lipinski definition) is 0. The predicted molar refractivity (Wildman–Crippen MR) is 123 cm³/mol. The standard InChI is InChI=1S/C27H40O7/c1-14(28)20-7-8-21-25-22(13-24(27(20,21)6)34-17(4)31)26(5)10-9-19(32-15(2)29)11-18(26)12-23(25)33-16(3)30/h18-25H,7-13H2,1-6H3/t18?,19?,20?,21-,22+,23?,24?,25-,26-,27+/m0/s1. The maximum Gasteiger partial charge on any atom is 0.302 e. The summed E-state index contributed by atoms with van der Waals surface area (Å²) in [4.78, 5) is 48.7. The van der Waals surface area contributed by atoms with E-state index in [1.165, 1.54) is 20.8 Å². The summed E-state index contributed by atoms with van der Waals surface area (Å²) in [7, 11) is 0. The Morgan fingerprint density at radius 1 is 0.735 bits per heavy atom. The summed E-state index contributed by atoms with van der Waals surface area (Å²) < 4.78 is 17.6. The summed E-state index contributed by atoms with van der Waals surface area (Å²) in [5.41, 5.74) is -0.499. The quantitative estimate of drug-likeness (QED) is 0.442. The van der Waals surface area contributed by atoms with Crippen LogP contribution in [0.15, 0.2) is 0 Å². The topological polar surface area (TPSA) is 96.0 Å². The molecule has 5 unspecified atom stereocenters. The van der Waals surface area contributed by atoms with Crippen molar-refractivity contribution in [3.05, 3.63) is 0 Å². The Labute approximate surface area is 202 Å². The summed E-state index contributed by atoms with van der Waals surface area (Å²) in [6.07, 6.45) is 4.84. The Morgan fingerprint density at radius 2 is 1.38 bits per heavy atom. The van der Waals surface area contributed by atoms with E-state index in [2.05, 4.69) is 13.8 Å². The Bertz CT molecular complexity index is 867. The molecule has 34 heavy (non-hydrogen) atoms. The van der Waals surface area contributed by atoms with Crippen molar-refractivity contribution < 1.29 is 33.4 Å². The highest BCUT2D eigenvalue weighted by atomic mass is 16.6. The van der Waals surface area contributed by atoms with Crippen molar-refractivity contribution in [2.24, 2.45) is 40.4 Å². The van der Waals surface area contributed by atoms with Crippen LogP contribution in [0.2, 0.25) is 0 Å². The van der Waals surface area contributed by atoms with E-state index in [0.29, 0.717) is 6.42 Å². The molecular formula is C27H40O7. The minimum Gasteiger partial charge on any atom is -0.463 e. The molecule has 7 heteroatoms. The molecule has 10 atom stereocenters. The van der Waals surface area contributed by atoms with Gasteiger partial charge in [-0.3, -0.25) is 19.2 Å². The number of ether oxygens (including phenoxy) is 3. The molecule has 0 aromatic rings. The van der Waals surface area contributed by atoms with Gasteiger partial charge in [-0.1, -0.05) is 13.8 Å². The van der Waals surface area contributed by atoms with Crippen LogP contribution >= 0.6 is 0 Å². The average Bonchev–Trinajstić information content (AvgIpc) is 3.07. The summed E-state index contributed by atoms with van der Waals surface area (Å²) in [6.45, 7) is 10.4. The number of fused-ring (bicyclic) bond motifs is 5. The lowest BCUT2D eigenvalue weighted by Gasteiger charge is -2.63. The number of carbonyl (C=O) groups is 4. The van der Waals surface area contributed by atoms with E-state index in [0.717, 1.165) is 38.5 Å². The van der Waals surface area contributed by atoms with Crippen LogP contribution in [-0.2, 0) is 33.4 Å². The smallest absolute Gasteiger partial charge is 0.302 e. The van der Waals surface area contributed by atoms with Gasteiger partial charge in [-0.05, 0) is 75.0 Å². The van der Waals surface area contributed by atoms with Crippen molar-refractivity contribution in [2.75, 3.05) is 0 Å². The SMILES string of the molecule is CC(=O)OC1CC[C@@]2(C)C(C1)CC(OC(C)=O)[C@@H]1[C@H]2CC(OC(C)=O)[C@]2(C)C(C(C)=O)CC[C@@H]12. The maximum absolute atomic E-state index is 12.7. The van der Waals surface area contributed by atoms with Gasteiger partial charge in [0.1, 0.15) is 24.1 Å². The lowest BCUT2D eigenvalue weighted by molar-refractivity contribution is -0.222. The number of Topliss-reactive ketones (excluding diaryl/α,β-unsaturated/α-hetero) is 1. The van der Waals surface area contributed by atoms with Gasteiger partial charge in [0.2, 0.25) is 0 Å². The molecule has 0 aliphatic heterocycles. The number of esters is 3. The van der Waals surface area contributed by atoms with Gasteiger partial charge >= 0.3 is 17.9 Å². The molecule has 4 aliphatic carbocycles. The summed E-state index contributed by atoms with van der Waals surface area (Å²) in [6, 6.07) is 0. The second-order valence-corrected chi connectivity index (χ2v) is 11.8. The minimum absolute atomic E-state index is 0.0357. The zero-order chi connectivity index (χ0) is 25.0. The Kier molecular flexibility index (Phi) is 6.62. The predicted octanol–water partition coefficient (Wildman–Crippen LogP) is 4.25. The zero-order valence-electron chi connectivity index (χ0n) is 21.4. The lowest BCUT2D eigenvalue weighted by atomic mass is 9.43. The largest absolute Gasteiger partial charge is 0.463 e. The summed E-state index contributed by atoms with van der Waals surface area (Å²) in [5.74, 6) is -0.185. The van der Waals surface area contributed by atoms with Crippen LogP contribution in [0.5, 0.6) is 0 Å². The van der Waals surface area contributed by atoms with E-state index in [-0.39, 0.29) is 77.0 Å². The molecule has 190 valence electrons. The number of hydrogen-bond acceptors (Lipinski definition) is 7. The Hall–Kier alpha value is -1.92. The third-order valence-electron chi connectivity index (χ3n) is 10.1. The highest BCUT2D eigenvalue weighted by Crippen LogP contribution is 2.68. The molecule has 4 saturated carbocycles. The molecule has 4 aliphatic rings. The molecule has 0 spiro atoms. The van der Waals surface area contributed by atoms with E-state index < -0.39 is 5.41 Å². The van der Waals surface area contributed by atoms with Crippen molar-refractivity contribution in [3.63, 3.8) is 0 Å². The molecule has 0 aromatic heterocycles. The summed E-state index contributed by atoms with van der Waals surface area (Å²) in [5, 5.41) is 0. The van der Waals surface area contributed by atoms with E-state index in [4.69, 9.17) is 14.2 Å².